The molecule has 1 aliphatic carbocycles. The second-order valence-electron chi connectivity index (χ2n) is 5.98. The lowest BCUT2D eigenvalue weighted by atomic mass is 9.81. The van der Waals surface area contributed by atoms with Crippen molar-refractivity contribution in [2.24, 2.45) is 5.92 Å². The molecule has 1 fully saturated rings. The van der Waals surface area contributed by atoms with Gasteiger partial charge in [0, 0.05) is 0 Å². The first-order chi connectivity index (χ1) is 8.70. The minimum absolute atomic E-state index is 0.763. The van der Waals surface area contributed by atoms with Crippen molar-refractivity contribution in [3.05, 3.63) is 34.9 Å². The molecule has 1 nitrogen and oxygen atoms in total. The highest BCUT2D eigenvalue weighted by molar-refractivity contribution is 5.31. The Morgan fingerprint density at radius 2 is 1.67 bits per heavy atom. The Morgan fingerprint density at radius 1 is 1.00 bits per heavy atom. The van der Waals surface area contributed by atoms with Crippen molar-refractivity contribution < 1.29 is 0 Å². The molecule has 1 aliphatic rings. The summed E-state index contributed by atoms with van der Waals surface area (Å²) in [5, 5.41) is 3.39. The second-order valence-corrected chi connectivity index (χ2v) is 5.98. The zero-order valence-electron chi connectivity index (χ0n) is 12.1. The number of hydrogen-bond acceptors (Lipinski definition) is 1. The monoisotopic (exact) mass is 245 g/mol. The summed E-state index contributed by atoms with van der Waals surface area (Å²) in [4.78, 5) is 0. The van der Waals surface area contributed by atoms with Gasteiger partial charge in [0.25, 0.3) is 0 Å². The van der Waals surface area contributed by atoms with Crippen molar-refractivity contribution >= 4 is 0 Å². The third-order valence-corrected chi connectivity index (χ3v) is 4.30. The molecule has 0 bridgehead atoms. The quantitative estimate of drug-likeness (QED) is 0.787. The summed E-state index contributed by atoms with van der Waals surface area (Å²) in [5.74, 6) is 1.58. The summed E-state index contributed by atoms with van der Waals surface area (Å²) < 4.78 is 0. The van der Waals surface area contributed by atoms with Crippen LogP contribution in [0.5, 0.6) is 0 Å². The predicted molar refractivity (Wildman–Crippen MR) is 79.2 cm³/mol. The molecule has 1 N–H and O–H groups in total. The van der Waals surface area contributed by atoms with E-state index in [1.165, 1.54) is 43.2 Å². The Kier molecular flexibility index (Phi) is 4.82. The van der Waals surface area contributed by atoms with Crippen LogP contribution in [0.15, 0.2) is 18.2 Å². The van der Waals surface area contributed by atoms with Crippen molar-refractivity contribution in [2.45, 2.75) is 51.9 Å². The first-order valence-electron chi connectivity index (χ1n) is 7.43. The maximum atomic E-state index is 3.39. The third kappa shape index (κ3) is 3.35. The van der Waals surface area contributed by atoms with Crippen LogP contribution in [0, 0.1) is 19.8 Å². The molecule has 1 aromatic rings. The van der Waals surface area contributed by atoms with E-state index in [1.54, 1.807) is 5.56 Å². The Balaban J connectivity index is 2.25. The van der Waals surface area contributed by atoms with Gasteiger partial charge in [-0.05, 0) is 57.7 Å². The fourth-order valence-corrected chi connectivity index (χ4v) is 3.55. The van der Waals surface area contributed by atoms with E-state index in [1.807, 2.05) is 0 Å². The first-order valence-corrected chi connectivity index (χ1v) is 7.43. The average Bonchev–Trinajstić information content (AvgIpc) is 2.54. The van der Waals surface area contributed by atoms with Crippen molar-refractivity contribution in [2.75, 3.05) is 13.6 Å². The Hall–Kier alpha value is -0.820. The van der Waals surface area contributed by atoms with E-state index < -0.39 is 0 Å². The first kappa shape index (κ1) is 13.6. The van der Waals surface area contributed by atoms with Gasteiger partial charge in [-0.25, -0.2) is 0 Å². The number of hydrogen-bond donors (Lipinski definition) is 1. The highest BCUT2D eigenvalue weighted by Crippen LogP contribution is 2.36. The summed E-state index contributed by atoms with van der Waals surface area (Å²) in [6.45, 7) is 5.61. The van der Waals surface area contributed by atoms with Crippen LogP contribution in [0.1, 0.15) is 54.7 Å². The third-order valence-electron chi connectivity index (χ3n) is 4.30. The second kappa shape index (κ2) is 6.38. The molecular weight excluding hydrogens is 218 g/mol. The van der Waals surface area contributed by atoms with E-state index in [0.29, 0.717) is 0 Å². The lowest BCUT2D eigenvalue weighted by Crippen LogP contribution is -2.24. The van der Waals surface area contributed by atoms with Gasteiger partial charge in [-0.3, -0.25) is 0 Å². The van der Waals surface area contributed by atoms with Crippen molar-refractivity contribution in [1.29, 1.82) is 0 Å². The van der Waals surface area contributed by atoms with Gasteiger partial charge >= 0.3 is 0 Å². The number of aryl methyl sites for hydroxylation is 2. The van der Waals surface area contributed by atoms with Crippen LogP contribution >= 0.6 is 0 Å². The molecule has 0 saturated heterocycles. The molecule has 18 heavy (non-hydrogen) atoms. The Morgan fingerprint density at radius 3 is 2.33 bits per heavy atom. The van der Waals surface area contributed by atoms with E-state index in [9.17, 15) is 0 Å². The summed E-state index contributed by atoms with van der Waals surface area (Å²) in [6, 6.07) is 7.10. The van der Waals surface area contributed by atoms with Gasteiger partial charge in [0.15, 0.2) is 0 Å². The van der Waals surface area contributed by atoms with Crippen molar-refractivity contribution in [1.82, 2.24) is 5.32 Å². The van der Waals surface area contributed by atoms with Gasteiger partial charge in [-0.2, -0.15) is 0 Å². The molecule has 2 rings (SSSR count). The van der Waals surface area contributed by atoms with Crippen LogP contribution in [-0.4, -0.2) is 13.6 Å². The predicted octanol–water partition coefficient (Wildman–Crippen LogP) is 4.19. The van der Waals surface area contributed by atoms with Crippen LogP contribution in [0.4, 0.5) is 0 Å². The van der Waals surface area contributed by atoms with E-state index >= 15 is 0 Å². The highest BCUT2D eigenvalue weighted by atomic mass is 14.8. The van der Waals surface area contributed by atoms with Crippen molar-refractivity contribution in [3.8, 4) is 0 Å². The zero-order chi connectivity index (χ0) is 13.0. The van der Waals surface area contributed by atoms with E-state index in [0.717, 1.165) is 18.4 Å². The van der Waals surface area contributed by atoms with Gasteiger partial charge in [-0.15, -0.1) is 0 Å². The SMILES string of the molecule is CNCC1CCCCCC1c1cc(C)cc(C)c1. The fourth-order valence-electron chi connectivity index (χ4n) is 3.55. The maximum absolute atomic E-state index is 3.39. The minimum atomic E-state index is 0.763. The molecule has 2 atom stereocenters. The van der Waals surface area contributed by atoms with Crippen LogP contribution in [0.2, 0.25) is 0 Å². The van der Waals surface area contributed by atoms with Gasteiger partial charge in [0.1, 0.15) is 0 Å². The molecule has 2 unspecified atom stereocenters. The van der Waals surface area contributed by atoms with E-state index in [-0.39, 0.29) is 0 Å². The van der Waals surface area contributed by atoms with Crippen LogP contribution in [0.25, 0.3) is 0 Å². The molecule has 0 radical (unpaired) electrons. The highest BCUT2D eigenvalue weighted by Gasteiger charge is 2.24. The topological polar surface area (TPSA) is 12.0 Å². The van der Waals surface area contributed by atoms with Crippen LogP contribution < -0.4 is 5.32 Å². The number of rotatable bonds is 3. The lowest BCUT2D eigenvalue weighted by Gasteiger charge is -2.26. The number of nitrogens with one attached hydrogen (secondary N) is 1. The Bertz CT molecular complexity index is 363. The van der Waals surface area contributed by atoms with Gasteiger partial charge in [0.05, 0.1) is 0 Å². The molecule has 0 aliphatic heterocycles. The molecule has 100 valence electrons. The summed E-state index contributed by atoms with van der Waals surface area (Å²) in [5.41, 5.74) is 4.41. The molecule has 0 heterocycles. The maximum Gasteiger partial charge on any atom is -0.00177 e. The van der Waals surface area contributed by atoms with E-state index in [4.69, 9.17) is 0 Å². The molecule has 1 aromatic carbocycles. The molecule has 0 aromatic heterocycles. The summed E-state index contributed by atoms with van der Waals surface area (Å²) in [6.07, 6.45) is 6.99. The molecule has 0 amide bonds. The molecule has 1 heteroatoms. The van der Waals surface area contributed by atoms with E-state index in [2.05, 4.69) is 44.4 Å². The minimum Gasteiger partial charge on any atom is -0.319 e. The van der Waals surface area contributed by atoms with Gasteiger partial charge in [0.2, 0.25) is 0 Å². The summed E-state index contributed by atoms with van der Waals surface area (Å²) >= 11 is 0. The van der Waals surface area contributed by atoms with Crippen molar-refractivity contribution in [3.63, 3.8) is 0 Å². The lowest BCUT2D eigenvalue weighted by molar-refractivity contribution is 0.386. The normalized spacial score (nSPS) is 24.8. The average molecular weight is 245 g/mol. The number of benzene rings is 1. The Labute approximate surface area is 112 Å². The van der Waals surface area contributed by atoms with Gasteiger partial charge in [-0.1, -0.05) is 48.6 Å². The zero-order valence-corrected chi connectivity index (χ0v) is 12.1. The largest absolute Gasteiger partial charge is 0.319 e. The van der Waals surface area contributed by atoms with Crippen LogP contribution in [0.3, 0.4) is 0 Å². The summed E-state index contributed by atoms with van der Waals surface area (Å²) in [7, 11) is 2.09. The molecular formula is C17H27N. The van der Waals surface area contributed by atoms with Gasteiger partial charge < -0.3 is 5.32 Å². The smallest absolute Gasteiger partial charge is 0.00177 e. The molecule has 0 spiro atoms. The van der Waals surface area contributed by atoms with Crippen LogP contribution in [-0.2, 0) is 0 Å². The molecule has 1 saturated carbocycles. The fraction of sp³-hybridized carbons (Fsp3) is 0.647. The standard InChI is InChI=1S/C17H27N/c1-13-9-14(2)11-16(10-13)17-8-6-4-5-7-15(17)12-18-3/h9-11,15,17-18H,4-8,12H2,1-3H3.